The van der Waals surface area contributed by atoms with E-state index in [4.69, 9.17) is 0 Å². The van der Waals surface area contributed by atoms with Crippen molar-refractivity contribution < 1.29 is 9.90 Å². The van der Waals surface area contributed by atoms with Gasteiger partial charge in [0.05, 0.1) is 5.60 Å². The van der Waals surface area contributed by atoms with E-state index in [0.29, 0.717) is 6.42 Å². The second-order valence-corrected chi connectivity index (χ2v) is 4.20. The average Bonchev–Trinajstić information content (AvgIpc) is 2.81. The van der Waals surface area contributed by atoms with Gasteiger partial charge in [-0.3, -0.25) is 0 Å². The van der Waals surface area contributed by atoms with Crippen molar-refractivity contribution in [3.8, 4) is 0 Å². The van der Waals surface area contributed by atoms with E-state index in [0.717, 1.165) is 25.5 Å². The number of aldehydes is 1. The predicted molar refractivity (Wildman–Crippen MR) is 50.3 cm³/mol. The van der Waals surface area contributed by atoms with E-state index in [-0.39, 0.29) is 5.92 Å². The largest absolute Gasteiger partial charge is 0.385 e. The summed E-state index contributed by atoms with van der Waals surface area (Å²) in [5.74, 6) is 0.217. The van der Waals surface area contributed by atoms with Crippen LogP contribution in [-0.2, 0) is 4.79 Å². The maximum absolute atomic E-state index is 10.3. The molecule has 2 rings (SSSR count). The Balaban J connectivity index is 2.01. The highest BCUT2D eigenvalue weighted by atomic mass is 16.3. The Morgan fingerprint density at radius 1 is 1.62 bits per heavy atom. The summed E-state index contributed by atoms with van der Waals surface area (Å²) in [6, 6.07) is 0. The minimum atomic E-state index is -0.582. The van der Waals surface area contributed by atoms with Crippen LogP contribution in [0.3, 0.4) is 0 Å². The first kappa shape index (κ1) is 8.95. The molecule has 0 saturated heterocycles. The van der Waals surface area contributed by atoms with Crippen LogP contribution in [-0.4, -0.2) is 17.0 Å². The van der Waals surface area contributed by atoms with Crippen LogP contribution in [0, 0.1) is 5.92 Å². The van der Waals surface area contributed by atoms with E-state index in [1.807, 2.05) is 0 Å². The molecular formula is C11H16O2. The van der Waals surface area contributed by atoms with Gasteiger partial charge < -0.3 is 9.90 Å². The SMILES string of the molecule is O=CC[C@H]1C[C@@]1(O)C1=CCCCC1. The van der Waals surface area contributed by atoms with Crippen LogP contribution < -0.4 is 0 Å². The molecule has 2 heteroatoms. The maximum Gasteiger partial charge on any atom is 0.120 e. The van der Waals surface area contributed by atoms with Crippen LogP contribution in [0.15, 0.2) is 11.6 Å². The fraction of sp³-hybridized carbons (Fsp3) is 0.727. The summed E-state index contributed by atoms with van der Waals surface area (Å²) in [7, 11) is 0. The van der Waals surface area contributed by atoms with Crippen molar-refractivity contribution in [3.05, 3.63) is 11.6 Å². The van der Waals surface area contributed by atoms with E-state index in [1.54, 1.807) is 0 Å². The van der Waals surface area contributed by atoms with E-state index in [2.05, 4.69) is 6.08 Å². The zero-order valence-corrected chi connectivity index (χ0v) is 7.83. The molecule has 0 amide bonds. The van der Waals surface area contributed by atoms with Crippen LogP contribution in [0.5, 0.6) is 0 Å². The van der Waals surface area contributed by atoms with Gasteiger partial charge in [-0.05, 0) is 37.7 Å². The minimum absolute atomic E-state index is 0.217. The molecule has 0 radical (unpaired) electrons. The Bertz CT molecular complexity index is 244. The lowest BCUT2D eigenvalue weighted by molar-refractivity contribution is -0.108. The molecule has 1 saturated carbocycles. The van der Waals surface area contributed by atoms with E-state index in [9.17, 15) is 9.90 Å². The molecular weight excluding hydrogens is 164 g/mol. The summed E-state index contributed by atoms with van der Waals surface area (Å²) in [5, 5.41) is 10.1. The van der Waals surface area contributed by atoms with Crippen molar-refractivity contribution in [1.29, 1.82) is 0 Å². The third kappa shape index (κ3) is 1.55. The highest BCUT2D eigenvalue weighted by Crippen LogP contribution is 2.52. The fourth-order valence-electron chi connectivity index (χ4n) is 2.34. The van der Waals surface area contributed by atoms with Crippen molar-refractivity contribution in [2.45, 2.75) is 44.1 Å². The first-order valence-electron chi connectivity index (χ1n) is 5.13. The number of carbonyl (C=O) groups is 1. The molecule has 0 spiro atoms. The normalized spacial score (nSPS) is 38.2. The Morgan fingerprint density at radius 3 is 3.08 bits per heavy atom. The second kappa shape index (κ2) is 3.26. The average molecular weight is 180 g/mol. The summed E-state index contributed by atoms with van der Waals surface area (Å²) in [6.07, 6.45) is 9.00. The summed E-state index contributed by atoms with van der Waals surface area (Å²) in [4.78, 5) is 10.3. The first-order valence-corrected chi connectivity index (χ1v) is 5.13. The standard InChI is InChI=1S/C11H16O2/c12-7-6-10-8-11(10,13)9-4-2-1-3-5-9/h4,7,10,13H,1-3,5-6,8H2/t10-,11+/m0/s1. The van der Waals surface area contributed by atoms with Crippen molar-refractivity contribution >= 4 is 6.29 Å². The molecule has 0 unspecified atom stereocenters. The zero-order chi connectivity index (χ0) is 9.31. The molecule has 2 atom stereocenters. The smallest absolute Gasteiger partial charge is 0.120 e. The van der Waals surface area contributed by atoms with Gasteiger partial charge in [-0.1, -0.05) is 6.08 Å². The van der Waals surface area contributed by atoms with E-state index >= 15 is 0 Å². The molecule has 1 N–H and O–H groups in total. The van der Waals surface area contributed by atoms with Gasteiger partial charge in [0.1, 0.15) is 6.29 Å². The molecule has 0 bridgehead atoms. The number of hydrogen-bond donors (Lipinski definition) is 1. The lowest BCUT2D eigenvalue weighted by Gasteiger charge is -2.18. The molecule has 13 heavy (non-hydrogen) atoms. The van der Waals surface area contributed by atoms with Crippen molar-refractivity contribution in [3.63, 3.8) is 0 Å². The van der Waals surface area contributed by atoms with Crippen molar-refractivity contribution in [1.82, 2.24) is 0 Å². The zero-order valence-electron chi connectivity index (χ0n) is 7.83. The molecule has 2 aliphatic rings. The van der Waals surface area contributed by atoms with Crippen LogP contribution >= 0.6 is 0 Å². The summed E-state index contributed by atoms with van der Waals surface area (Å²) >= 11 is 0. The quantitative estimate of drug-likeness (QED) is 0.531. The molecule has 0 aromatic carbocycles. The lowest BCUT2D eigenvalue weighted by Crippen LogP contribution is -2.16. The third-order valence-corrected chi connectivity index (χ3v) is 3.30. The van der Waals surface area contributed by atoms with Gasteiger partial charge >= 0.3 is 0 Å². The lowest BCUT2D eigenvalue weighted by atomic mass is 9.92. The summed E-state index contributed by atoms with van der Waals surface area (Å²) < 4.78 is 0. The highest BCUT2D eigenvalue weighted by molar-refractivity contribution is 5.52. The summed E-state index contributed by atoms with van der Waals surface area (Å²) in [6.45, 7) is 0. The molecule has 0 aromatic rings. The topological polar surface area (TPSA) is 37.3 Å². The number of allylic oxidation sites excluding steroid dienone is 1. The Morgan fingerprint density at radius 2 is 2.46 bits per heavy atom. The van der Waals surface area contributed by atoms with Gasteiger partial charge in [0.15, 0.2) is 0 Å². The number of rotatable bonds is 3. The van der Waals surface area contributed by atoms with Crippen LogP contribution in [0.2, 0.25) is 0 Å². The third-order valence-electron chi connectivity index (χ3n) is 3.30. The van der Waals surface area contributed by atoms with Crippen molar-refractivity contribution in [2.24, 2.45) is 5.92 Å². The Hall–Kier alpha value is -0.630. The number of aliphatic hydroxyl groups is 1. The molecule has 2 nitrogen and oxygen atoms in total. The van der Waals surface area contributed by atoms with E-state index < -0.39 is 5.60 Å². The monoisotopic (exact) mass is 180 g/mol. The van der Waals surface area contributed by atoms with Gasteiger partial charge in [0.2, 0.25) is 0 Å². The van der Waals surface area contributed by atoms with Gasteiger partial charge in [-0.15, -0.1) is 0 Å². The minimum Gasteiger partial charge on any atom is -0.385 e. The first-order chi connectivity index (χ1) is 6.27. The molecule has 0 heterocycles. The number of carbonyl (C=O) groups excluding carboxylic acids is 1. The molecule has 1 fully saturated rings. The van der Waals surface area contributed by atoms with Crippen LogP contribution in [0.4, 0.5) is 0 Å². The predicted octanol–water partition coefficient (Wildman–Crippen LogP) is 1.83. The second-order valence-electron chi connectivity index (χ2n) is 4.20. The molecule has 2 aliphatic carbocycles. The van der Waals surface area contributed by atoms with Gasteiger partial charge in [-0.2, -0.15) is 0 Å². The van der Waals surface area contributed by atoms with Crippen molar-refractivity contribution in [2.75, 3.05) is 0 Å². The molecule has 72 valence electrons. The molecule has 0 aromatic heterocycles. The highest BCUT2D eigenvalue weighted by Gasteiger charge is 2.54. The molecule has 0 aliphatic heterocycles. The summed E-state index contributed by atoms with van der Waals surface area (Å²) in [5.41, 5.74) is 0.618. The number of hydrogen-bond acceptors (Lipinski definition) is 2. The van der Waals surface area contributed by atoms with Crippen LogP contribution in [0.25, 0.3) is 0 Å². The Kier molecular flexibility index (Phi) is 2.24. The van der Waals surface area contributed by atoms with E-state index in [1.165, 1.54) is 18.4 Å². The van der Waals surface area contributed by atoms with Gasteiger partial charge in [0, 0.05) is 12.3 Å². The van der Waals surface area contributed by atoms with Gasteiger partial charge in [-0.25, -0.2) is 0 Å². The Labute approximate surface area is 78.6 Å². The maximum atomic E-state index is 10.3. The van der Waals surface area contributed by atoms with Crippen LogP contribution in [0.1, 0.15) is 38.5 Å². The van der Waals surface area contributed by atoms with Gasteiger partial charge in [0.25, 0.3) is 0 Å². The fourth-order valence-corrected chi connectivity index (χ4v) is 2.34.